The number of nitrogens with zero attached hydrogens (tertiary/aromatic N) is 1. The fraction of sp³-hybridized carbons (Fsp3) is 0.179. The number of ether oxygens (including phenoxy) is 2. The molecule has 9 heteroatoms. The van der Waals surface area contributed by atoms with E-state index in [2.05, 4.69) is 15.6 Å². The Morgan fingerprint density at radius 1 is 1.05 bits per heavy atom. The van der Waals surface area contributed by atoms with E-state index in [0.29, 0.717) is 38.9 Å². The zero-order valence-electron chi connectivity index (χ0n) is 20.6. The van der Waals surface area contributed by atoms with Crippen LogP contribution in [0.15, 0.2) is 70.6 Å². The number of nitrogens with one attached hydrogen (secondary N) is 2. The fourth-order valence-corrected chi connectivity index (χ4v) is 4.40. The van der Waals surface area contributed by atoms with Gasteiger partial charge in [-0.1, -0.05) is 41.4 Å². The average Bonchev–Trinajstić information content (AvgIpc) is 3.21. The summed E-state index contributed by atoms with van der Waals surface area (Å²) in [5.41, 5.74) is 4.18. The molecule has 190 valence electrons. The third-order valence-electron chi connectivity index (χ3n) is 5.30. The van der Waals surface area contributed by atoms with Gasteiger partial charge in [0.2, 0.25) is 0 Å². The van der Waals surface area contributed by atoms with Gasteiger partial charge in [-0.25, -0.2) is 4.99 Å². The lowest BCUT2D eigenvalue weighted by atomic mass is 10.2. The summed E-state index contributed by atoms with van der Waals surface area (Å²) in [6.07, 6.45) is 1.76. The predicted octanol–water partition coefficient (Wildman–Crippen LogP) is 6.26. The number of aryl methyl sites for hydroxylation is 2. The number of hydrogen-bond donors (Lipinski definition) is 2. The van der Waals surface area contributed by atoms with Gasteiger partial charge in [0.15, 0.2) is 23.3 Å². The van der Waals surface area contributed by atoms with E-state index >= 15 is 0 Å². The summed E-state index contributed by atoms with van der Waals surface area (Å²) in [5, 5.41) is 6.65. The van der Waals surface area contributed by atoms with Crippen molar-refractivity contribution in [3.63, 3.8) is 0 Å². The molecule has 0 atom stereocenters. The van der Waals surface area contributed by atoms with Gasteiger partial charge < -0.3 is 20.1 Å². The lowest BCUT2D eigenvalue weighted by molar-refractivity contribution is -0.118. The second-order valence-corrected chi connectivity index (χ2v) is 9.70. The third-order valence-corrected chi connectivity index (χ3v) is 6.61. The standard InChI is InChI=1S/C28H26ClN3O4S/c1-4-35-24-13-19(14-25-27(34)32-28(37-25)31-20-9-5-17(2)6-10-20)8-12-23(24)36-16-26(33)30-21-11-7-18(3)22(29)15-21/h5-15H,4,16H2,1-3H3,(H,30,33)(H,31,32,34)/b25-14-. The molecule has 0 aromatic heterocycles. The van der Waals surface area contributed by atoms with Crippen LogP contribution in [0.3, 0.4) is 0 Å². The van der Waals surface area contributed by atoms with Crippen molar-refractivity contribution in [3.05, 3.63) is 87.3 Å². The van der Waals surface area contributed by atoms with E-state index in [9.17, 15) is 9.59 Å². The monoisotopic (exact) mass is 535 g/mol. The largest absolute Gasteiger partial charge is 0.490 e. The highest BCUT2D eigenvalue weighted by molar-refractivity contribution is 8.18. The normalized spacial score (nSPS) is 15.1. The number of amides is 2. The second kappa shape index (κ2) is 12.0. The fourth-order valence-electron chi connectivity index (χ4n) is 3.38. The molecule has 3 aromatic carbocycles. The summed E-state index contributed by atoms with van der Waals surface area (Å²) in [7, 11) is 0. The van der Waals surface area contributed by atoms with Crippen molar-refractivity contribution >= 4 is 57.8 Å². The van der Waals surface area contributed by atoms with E-state index in [1.165, 1.54) is 11.8 Å². The summed E-state index contributed by atoms with van der Waals surface area (Å²) < 4.78 is 11.4. The number of halogens is 1. The lowest BCUT2D eigenvalue weighted by Gasteiger charge is -2.13. The Kier molecular flexibility index (Phi) is 8.53. The van der Waals surface area contributed by atoms with E-state index in [-0.39, 0.29) is 18.4 Å². The predicted molar refractivity (Wildman–Crippen MR) is 150 cm³/mol. The molecule has 0 bridgehead atoms. The molecule has 7 nitrogen and oxygen atoms in total. The summed E-state index contributed by atoms with van der Waals surface area (Å²) >= 11 is 7.39. The van der Waals surface area contributed by atoms with Gasteiger partial charge in [-0.3, -0.25) is 9.59 Å². The lowest BCUT2D eigenvalue weighted by Crippen LogP contribution is -2.20. The van der Waals surface area contributed by atoms with Gasteiger partial charge in [0.1, 0.15) is 0 Å². The van der Waals surface area contributed by atoms with Crippen LogP contribution in [0.5, 0.6) is 11.5 Å². The Balaban J connectivity index is 1.43. The van der Waals surface area contributed by atoms with Crippen molar-refractivity contribution in [1.82, 2.24) is 5.32 Å². The molecule has 0 unspecified atom stereocenters. The SMILES string of the molecule is CCOc1cc(/C=C2\SC(=Nc3ccc(C)cc3)NC2=O)ccc1OCC(=O)Nc1ccc(C)c(Cl)c1. The van der Waals surface area contributed by atoms with Crippen molar-refractivity contribution in [1.29, 1.82) is 0 Å². The molecule has 37 heavy (non-hydrogen) atoms. The van der Waals surface area contributed by atoms with E-state index in [1.807, 2.05) is 51.1 Å². The highest BCUT2D eigenvalue weighted by atomic mass is 35.5. The molecule has 0 spiro atoms. The van der Waals surface area contributed by atoms with Crippen LogP contribution in [0.4, 0.5) is 11.4 Å². The summed E-state index contributed by atoms with van der Waals surface area (Å²) in [5.74, 6) is 0.348. The molecule has 2 amide bonds. The first-order valence-electron chi connectivity index (χ1n) is 11.6. The maximum Gasteiger partial charge on any atom is 0.264 e. The van der Waals surface area contributed by atoms with Crippen molar-refractivity contribution in [2.45, 2.75) is 20.8 Å². The highest BCUT2D eigenvalue weighted by Gasteiger charge is 2.24. The Morgan fingerprint density at radius 3 is 2.57 bits per heavy atom. The van der Waals surface area contributed by atoms with Gasteiger partial charge in [0, 0.05) is 10.7 Å². The first-order valence-corrected chi connectivity index (χ1v) is 12.8. The van der Waals surface area contributed by atoms with Crippen molar-refractivity contribution in [3.8, 4) is 11.5 Å². The quantitative estimate of drug-likeness (QED) is 0.332. The molecule has 1 fully saturated rings. The summed E-state index contributed by atoms with van der Waals surface area (Å²) in [6, 6.07) is 18.3. The number of aliphatic imine (C=N–C) groups is 1. The van der Waals surface area contributed by atoms with E-state index < -0.39 is 0 Å². The molecule has 1 aliphatic rings. The highest BCUT2D eigenvalue weighted by Crippen LogP contribution is 2.32. The Hall–Kier alpha value is -3.75. The number of carbonyl (C=O) groups excluding carboxylic acids is 2. The van der Waals surface area contributed by atoms with Crippen LogP contribution in [0.25, 0.3) is 6.08 Å². The van der Waals surface area contributed by atoms with Crippen molar-refractivity contribution in [2.75, 3.05) is 18.5 Å². The van der Waals surface area contributed by atoms with Gasteiger partial charge >= 0.3 is 0 Å². The minimum absolute atomic E-state index is 0.205. The molecule has 2 N–H and O–H groups in total. The maximum absolute atomic E-state index is 12.5. The second-order valence-electron chi connectivity index (χ2n) is 8.26. The number of anilines is 1. The third kappa shape index (κ3) is 7.15. The molecule has 0 radical (unpaired) electrons. The molecule has 1 saturated heterocycles. The van der Waals surface area contributed by atoms with Gasteiger partial charge in [-0.15, -0.1) is 0 Å². The van der Waals surface area contributed by atoms with Crippen LogP contribution in [0.1, 0.15) is 23.6 Å². The van der Waals surface area contributed by atoms with Gasteiger partial charge in [0.25, 0.3) is 11.8 Å². The first-order chi connectivity index (χ1) is 17.8. The summed E-state index contributed by atoms with van der Waals surface area (Å²) in [4.78, 5) is 29.9. The summed E-state index contributed by atoms with van der Waals surface area (Å²) in [6.45, 7) is 5.96. The van der Waals surface area contributed by atoms with Crippen LogP contribution in [-0.2, 0) is 9.59 Å². The molecule has 1 aliphatic heterocycles. The van der Waals surface area contributed by atoms with Gasteiger partial charge in [-0.05, 0) is 86.1 Å². The number of thioether (sulfide) groups is 1. The minimum Gasteiger partial charge on any atom is -0.490 e. The Morgan fingerprint density at radius 2 is 1.84 bits per heavy atom. The van der Waals surface area contributed by atoms with Gasteiger partial charge in [-0.2, -0.15) is 0 Å². The minimum atomic E-state index is -0.326. The van der Waals surface area contributed by atoms with Crippen molar-refractivity contribution in [2.24, 2.45) is 4.99 Å². The molecule has 4 rings (SSSR count). The number of carbonyl (C=O) groups is 2. The van der Waals surface area contributed by atoms with Crippen LogP contribution in [0, 0.1) is 13.8 Å². The Bertz CT molecular complexity index is 1390. The zero-order chi connectivity index (χ0) is 26.4. The van der Waals surface area contributed by atoms with Crippen LogP contribution in [-0.4, -0.2) is 30.2 Å². The smallest absolute Gasteiger partial charge is 0.264 e. The van der Waals surface area contributed by atoms with E-state index in [1.54, 1.807) is 36.4 Å². The number of benzene rings is 3. The first kappa shape index (κ1) is 26.3. The van der Waals surface area contributed by atoms with E-state index in [0.717, 1.165) is 22.4 Å². The van der Waals surface area contributed by atoms with Crippen LogP contribution >= 0.6 is 23.4 Å². The molecule has 1 heterocycles. The van der Waals surface area contributed by atoms with E-state index in [4.69, 9.17) is 21.1 Å². The molecule has 0 saturated carbocycles. The van der Waals surface area contributed by atoms with Gasteiger partial charge in [0.05, 0.1) is 17.2 Å². The van der Waals surface area contributed by atoms with Crippen LogP contribution in [0.2, 0.25) is 5.02 Å². The molecular formula is C28H26ClN3O4S. The van der Waals surface area contributed by atoms with Crippen LogP contribution < -0.4 is 20.1 Å². The Labute approximate surface area is 224 Å². The molecule has 0 aliphatic carbocycles. The number of hydrogen-bond acceptors (Lipinski definition) is 6. The zero-order valence-corrected chi connectivity index (χ0v) is 22.2. The van der Waals surface area contributed by atoms with Crippen molar-refractivity contribution < 1.29 is 19.1 Å². The molecule has 3 aromatic rings. The number of amidine groups is 1. The average molecular weight is 536 g/mol. The number of rotatable bonds is 8. The maximum atomic E-state index is 12.5. The topological polar surface area (TPSA) is 89.0 Å². The molecular weight excluding hydrogens is 510 g/mol.